The molecule has 130 valence electrons. The molecule has 1 N–H and O–H groups in total. The Morgan fingerprint density at radius 2 is 1.80 bits per heavy atom. The zero-order valence-corrected chi connectivity index (χ0v) is 14.4. The minimum absolute atomic E-state index is 0.288. The molecule has 1 amide bonds. The number of carbonyl (C=O) groups is 2. The quantitative estimate of drug-likeness (QED) is 0.870. The number of methoxy groups -OCH3 is 2. The predicted octanol–water partition coefficient (Wildman–Crippen LogP) is 2.53. The van der Waals surface area contributed by atoms with Gasteiger partial charge in [0.25, 0.3) is 5.91 Å². The van der Waals surface area contributed by atoms with Crippen LogP contribution in [0.3, 0.4) is 0 Å². The second kappa shape index (κ2) is 6.97. The summed E-state index contributed by atoms with van der Waals surface area (Å²) in [5.74, 6) is -0.00266. The fraction of sp³-hybridized carbons (Fsp3) is 0.300. The fourth-order valence-corrected chi connectivity index (χ4v) is 3.38. The summed E-state index contributed by atoms with van der Waals surface area (Å²) in [5, 5.41) is 2.92. The number of ether oxygens (including phenoxy) is 2. The smallest absolute Gasteiger partial charge is 0.331 e. The Hall–Kier alpha value is -2.82. The van der Waals surface area contributed by atoms with Crippen molar-refractivity contribution in [2.45, 2.75) is 24.8 Å². The molecule has 0 saturated carbocycles. The van der Waals surface area contributed by atoms with Crippen LogP contribution in [0, 0.1) is 0 Å². The van der Waals surface area contributed by atoms with Gasteiger partial charge in [0.2, 0.25) is 0 Å². The van der Waals surface area contributed by atoms with Gasteiger partial charge >= 0.3 is 5.97 Å². The summed E-state index contributed by atoms with van der Waals surface area (Å²) in [7, 11) is 2.95. The number of aryl methyl sites for hydroxylation is 1. The lowest BCUT2D eigenvalue weighted by molar-refractivity contribution is -0.148. The van der Waals surface area contributed by atoms with E-state index in [1.165, 1.54) is 7.11 Å². The van der Waals surface area contributed by atoms with E-state index in [1.54, 1.807) is 31.4 Å². The Morgan fingerprint density at radius 3 is 2.48 bits per heavy atom. The van der Waals surface area contributed by atoms with E-state index in [1.807, 2.05) is 24.3 Å². The van der Waals surface area contributed by atoms with Crippen LogP contribution in [0.2, 0.25) is 0 Å². The van der Waals surface area contributed by atoms with Gasteiger partial charge in [0.05, 0.1) is 14.2 Å². The highest BCUT2D eigenvalue weighted by Gasteiger charge is 2.44. The number of hydrogen-bond acceptors (Lipinski definition) is 4. The number of hydrogen-bond donors (Lipinski definition) is 1. The van der Waals surface area contributed by atoms with Crippen molar-refractivity contribution >= 4 is 11.9 Å². The molecule has 0 saturated heterocycles. The molecule has 0 bridgehead atoms. The molecular weight excluding hydrogens is 318 g/mol. The van der Waals surface area contributed by atoms with Gasteiger partial charge in [0.15, 0.2) is 0 Å². The molecule has 0 aliphatic heterocycles. The minimum Gasteiger partial charge on any atom is -0.496 e. The van der Waals surface area contributed by atoms with Crippen molar-refractivity contribution in [2.24, 2.45) is 0 Å². The van der Waals surface area contributed by atoms with Crippen molar-refractivity contribution in [1.82, 2.24) is 5.32 Å². The Bertz CT molecular complexity index is 773. The van der Waals surface area contributed by atoms with Gasteiger partial charge in [0, 0.05) is 17.5 Å². The van der Waals surface area contributed by atoms with E-state index < -0.39 is 11.5 Å². The highest BCUT2D eigenvalue weighted by molar-refractivity contribution is 5.98. The summed E-state index contributed by atoms with van der Waals surface area (Å²) >= 11 is 0. The van der Waals surface area contributed by atoms with Crippen molar-refractivity contribution in [3.8, 4) is 5.75 Å². The van der Waals surface area contributed by atoms with Crippen LogP contribution in [0.5, 0.6) is 5.75 Å². The standard InChI is InChI=1S/C20H21NO4/c1-24-17-10-6-9-14-11-12-20(13-16(14)17,19(23)25-2)21-18(22)15-7-4-3-5-8-15/h3-10H,11-13H2,1-2H3,(H,21,22)/t20-/m0/s1. The molecule has 25 heavy (non-hydrogen) atoms. The molecule has 1 aliphatic carbocycles. The third-order valence-electron chi connectivity index (χ3n) is 4.71. The minimum atomic E-state index is -1.09. The van der Waals surface area contributed by atoms with E-state index in [-0.39, 0.29) is 5.91 Å². The highest BCUT2D eigenvalue weighted by Crippen LogP contribution is 2.35. The largest absolute Gasteiger partial charge is 0.496 e. The molecule has 1 aliphatic rings. The highest BCUT2D eigenvalue weighted by atomic mass is 16.5. The number of rotatable bonds is 4. The maximum absolute atomic E-state index is 12.7. The topological polar surface area (TPSA) is 64.6 Å². The van der Waals surface area contributed by atoms with Gasteiger partial charge in [-0.2, -0.15) is 0 Å². The first kappa shape index (κ1) is 17.0. The summed E-state index contributed by atoms with van der Waals surface area (Å²) in [6.45, 7) is 0. The predicted molar refractivity (Wildman–Crippen MR) is 93.7 cm³/mol. The average molecular weight is 339 g/mol. The first-order valence-electron chi connectivity index (χ1n) is 8.20. The van der Waals surface area contributed by atoms with Crippen LogP contribution in [-0.4, -0.2) is 31.6 Å². The molecule has 0 unspecified atom stereocenters. The summed E-state index contributed by atoms with van der Waals surface area (Å²) in [6, 6.07) is 14.7. The number of carbonyl (C=O) groups excluding carboxylic acids is 2. The fourth-order valence-electron chi connectivity index (χ4n) is 3.38. The van der Waals surface area contributed by atoms with Crippen LogP contribution in [-0.2, 0) is 22.4 Å². The monoisotopic (exact) mass is 339 g/mol. The summed E-state index contributed by atoms with van der Waals surface area (Å²) < 4.78 is 10.5. The Kier molecular flexibility index (Phi) is 4.74. The molecule has 5 heteroatoms. The molecule has 0 aromatic heterocycles. The van der Waals surface area contributed by atoms with Gasteiger partial charge in [-0.15, -0.1) is 0 Å². The first-order valence-corrected chi connectivity index (χ1v) is 8.20. The third kappa shape index (κ3) is 3.22. The second-order valence-corrected chi connectivity index (χ2v) is 6.17. The van der Waals surface area contributed by atoms with Crippen molar-refractivity contribution in [3.05, 3.63) is 65.2 Å². The maximum atomic E-state index is 12.7. The third-order valence-corrected chi connectivity index (χ3v) is 4.71. The maximum Gasteiger partial charge on any atom is 0.331 e. The number of amides is 1. The molecule has 5 nitrogen and oxygen atoms in total. The van der Waals surface area contributed by atoms with Crippen LogP contribution in [0.15, 0.2) is 48.5 Å². The first-order chi connectivity index (χ1) is 12.1. The van der Waals surface area contributed by atoms with E-state index >= 15 is 0 Å². The van der Waals surface area contributed by atoms with E-state index in [4.69, 9.17) is 9.47 Å². The summed E-state index contributed by atoms with van der Waals surface area (Å²) in [4.78, 5) is 25.2. The van der Waals surface area contributed by atoms with Crippen molar-refractivity contribution in [1.29, 1.82) is 0 Å². The molecule has 3 rings (SSSR count). The van der Waals surface area contributed by atoms with Gasteiger partial charge in [-0.05, 0) is 36.6 Å². The molecule has 1 atom stereocenters. The SMILES string of the molecule is COC(=O)[C@]1(NC(=O)c2ccccc2)CCc2cccc(OC)c2C1. The summed E-state index contributed by atoms with van der Waals surface area (Å²) in [5.41, 5.74) is 1.49. The van der Waals surface area contributed by atoms with Crippen molar-refractivity contribution in [3.63, 3.8) is 0 Å². The molecule has 2 aromatic rings. The molecular formula is C20H21NO4. The van der Waals surface area contributed by atoms with Gasteiger partial charge < -0.3 is 14.8 Å². The van der Waals surface area contributed by atoms with E-state index in [2.05, 4.69) is 5.32 Å². The number of esters is 1. The van der Waals surface area contributed by atoms with Crippen LogP contribution >= 0.6 is 0 Å². The number of fused-ring (bicyclic) bond motifs is 1. The average Bonchev–Trinajstić information content (AvgIpc) is 2.67. The lowest BCUT2D eigenvalue weighted by Crippen LogP contribution is -2.58. The van der Waals surface area contributed by atoms with Crippen molar-refractivity contribution in [2.75, 3.05) is 14.2 Å². The number of benzene rings is 2. The van der Waals surface area contributed by atoms with Gasteiger partial charge in [-0.25, -0.2) is 4.79 Å². The second-order valence-electron chi connectivity index (χ2n) is 6.17. The number of nitrogens with one attached hydrogen (secondary N) is 1. The normalized spacial score (nSPS) is 18.8. The lowest BCUT2D eigenvalue weighted by atomic mass is 9.77. The molecule has 0 heterocycles. The van der Waals surface area contributed by atoms with Gasteiger partial charge in [-0.3, -0.25) is 4.79 Å². The van der Waals surface area contributed by atoms with Crippen LogP contribution in [0.25, 0.3) is 0 Å². The summed E-state index contributed by atoms with van der Waals surface area (Å²) in [6.07, 6.45) is 1.49. The molecule has 0 fully saturated rings. The Balaban J connectivity index is 1.95. The zero-order chi connectivity index (χ0) is 17.9. The van der Waals surface area contributed by atoms with Crippen LogP contribution in [0.1, 0.15) is 27.9 Å². The molecule has 0 spiro atoms. The lowest BCUT2D eigenvalue weighted by Gasteiger charge is -2.36. The van der Waals surface area contributed by atoms with Gasteiger partial charge in [0.1, 0.15) is 11.3 Å². The zero-order valence-electron chi connectivity index (χ0n) is 14.4. The van der Waals surface area contributed by atoms with Crippen LogP contribution in [0.4, 0.5) is 0 Å². The molecule has 0 radical (unpaired) electrons. The van der Waals surface area contributed by atoms with E-state index in [0.29, 0.717) is 24.8 Å². The molecule has 2 aromatic carbocycles. The van der Waals surface area contributed by atoms with E-state index in [9.17, 15) is 9.59 Å². The van der Waals surface area contributed by atoms with Crippen LogP contribution < -0.4 is 10.1 Å². The van der Waals surface area contributed by atoms with Crippen molar-refractivity contribution < 1.29 is 19.1 Å². The Morgan fingerprint density at radius 1 is 1.04 bits per heavy atom. The van der Waals surface area contributed by atoms with Gasteiger partial charge in [-0.1, -0.05) is 30.3 Å². The van der Waals surface area contributed by atoms with E-state index in [0.717, 1.165) is 16.9 Å². The Labute approximate surface area is 147 Å².